The van der Waals surface area contributed by atoms with Crippen LogP contribution in [0.4, 0.5) is 0 Å². The van der Waals surface area contributed by atoms with Crippen LogP contribution in [-0.2, 0) is 9.59 Å². The molecule has 0 saturated heterocycles. The Hall–Kier alpha value is -1.10. The summed E-state index contributed by atoms with van der Waals surface area (Å²) >= 11 is 0. The smallest absolute Gasteiger partial charge is 0.237 e. The van der Waals surface area contributed by atoms with Crippen LogP contribution < -0.4 is 11.5 Å². The molecule has 0 aliphatic heterocycles. The van der Waals surface area contributed by atoms with Crippen LogP contribution >= 0.6 is 0 Å². The Balaban J connectivity index is 2.69. The average molecular weight is 227 g/mol. The Morgan fingerprint density at radius 2 is 1.94 bits per heavy atom. The molecule has 1 fully saturated rings. The molecule has 0 aromatic rings. The van der Waals surface area contributed by atoms with Crippen molar-refractivity contribution in [3.05, 3.63) is 0 Å². The van der Waals surface area contributed by atoms with E-state index in [1.165, 1.54) is 0 Å². The van der Waals surface area contributed by atoms with Crippen molar-refractivity contribution in [3.8, 4) is 0 Å². The summed E-state index contributed by atoms with van der Waals surface area (Å²) in [7, 11) is 0. The monoisotopic (exact) mass is 227 g/mol. The Morgan fingerprint density at radius 3 is 2.38 bits per heavy atom. The predicted octanol–water partition coefficient (Wildman–Crippen LogP) is -0.162. The fourth-order valence-corrected chi connectivity index (χ4v) is 2.15. The lowest BCUT2D eigenvalue weighted by atomic mass is 10.1. The lowest BCUT2D eigenvalue weighted by Crippen LogP contribution is -2.47. The molecule has 1 aliphatic carbocycles. The molecule has 0 aromatic heterocycles. The van der Waals surface area contributed by atoms with Crippen LogP contribution in [0.15, 0.2) is 0 Å². The number of hydrogen-bond donors (Lipinski definition) is 2. The number of nitrogens with zero attached hydrogens (tertiary/aromatic N) is 1. The van der Waals surface area contributed by atoms with E-state index in [0.717, 1.165) is 25.7 Å². The number of hydrogen-bond acceptors (Lipinski definition) is 3. The highest BCUT2D eigenvalue weighted by Gasteiger charge is 2.29. The van der Waals surface area contributed by atoms with E-state index < -0.39 is 5.91 Å². The highest BCUT2D eigenvalue weighted by molar-refractivity contribution is 5.85. The van der Waals surface area contributed by atoms with Crippen LogP contribution in [0.1, 0.15) is 32.6 Å². The minimum Gasteiger partial charge on any atom is -0.368 e. The molecule has 0 bridgehead atoms. The third-order valence-corrected chi connectivity index (χ3v) is 3.15. The second-order valence-electron chi connectivity index (χ2n) is 4.51. The van der Waals surface area contributed by atoms with Crippen molar-refractivity contribution in [1.29, 1.82) is 0 Å². The Morgan fingerprint density at radius 1 is 1.38 bits per heavy atom. The SMILES string of the molecule is CC(CN)C(=O)N(CC(N)=O)C1CCCC1. The maximum atomic E-state index is 12.0. The quantitative estimate of drug-likeness (QED) is 0.683. The second-order valence-corrected chi connectivity index (χ2v) is 4.51. The Bertz CT molecular complexity index is 262. The van der Waals surface area contributed by atoms with Crippen LogP contribution in [-0.4, -0.2) is 35.8 Å². The van der Waals surface area contributed by atoms with Crippen LogP contribution in [0.3, 0.4) is 0 Å². The summed E-state index contributed by atoms with van der Waals surface area (Å²) in [4.78, 5) is 24.6. The summed E-state index contributed by atoms with van der Waals surface area (Å²) in [6, 6.07) is 0.175. The fourth-order valence-electron chi connectivity index (χ4n) is 2.15. The second kappa shape index (κ2) is 5.84. The van der Waals surface area contributed by atoms with Crippen LogP contribution in [0.25, 0.3) is 0 Å². The van der Waals surface area contributed by atoms with E-state index in [9.17, 15) is 9.59 Å². The summed E-state index contributed by atoms with van der Waals surface area (Å²) < 4.78 is 0. The van der Waals surface area contributed by atoms with Crippen LogP contribution in [0.5, 0.6) is 0 Å². The van der Waals surface area contributed by atoms with E-state index in [-0.39, 0.29) is 24.4 Å². The van der Waals surface area contributed by atoms with Crippen molar-refractivity contribution < 1.29 is 9.59 Å². The normalized spacial score (nSPS) is 18.4. The summed E-state index contributed by atoms with van der Waals surface area (Å²) in [5, 5.41) is 0. The third kappa shape index (κ3) is 3.20. The van der Waals surface area contributed by atoms with Gasteiger partial charge in [-0.1, -0.05) is 19.8 Å². The number of amides is 2. The first kappa shape index (κ1) is 13.0. The summed E-state index contributed by atoms with van der Waals surface area (Å²) in [6.07, 6.45) is 4.17. The van der Waals surface area contributed by atoms with Gasteiger partial charge in [-0.05, 0) is 12.8 Å². The predicted molar refractivity (Wildman–Crippen MR) is 61.4 cm³/mol. The topological polar surface area (TPSA) is 89.4 Å². The number of carbonyl (C=O) groups excluding carboxylic acids is 2. The van der Waals surface area contributed by atoms with E-state index in [1.807, 2.05) is 0 Å². The molecule has 0 spiro atoms. The zero-order chi connectivity index (χ0) is 12.1. The number of nitrogens with two attached hydrogens (primary N) is 2. The zero-order valence-corrected chi connectivity index (χ0v) is 9.82. The van der Waals surface area contributed by atoms with Crippen molar-refractivity contribution >= 4 is 11.8 Å². The van der Waals surface area contributed by atoms with E-state index in [4.69, 9.17) is 11.5 Å². The van der Waals surface area contributed by atoms with Crippen molar-refractivity contribution in [3.63, 3.8) is 0 Å². The summed E-state index contributed by atoms with van der Waals surface area (Å²) in [6.45, 7) is 2.11. The molecule has 0 radical (unpaired) electrons. The van der Waals surface area contributed by atoms with Gasteiger partial charge in [-0.25, -0.2) is 0 Å². The molecular formula is C11H21N3O2. The van der Waals surface area contributed by atoms with Gasteiger partial charge in [-0.2, -0.15) is 0 Å². The molecule has 4 N–H and O–H groups in total. The Kier molecular flexibility index (Phi) is 4.73. The fraction of sp³-hybridized carbons (Fsp3) is 0.818. The van der Waals surface area contributed by atoms with Gasteiger partial charge in [0.15, 0.2) is 0 Å². The first-order valence-electron chi connectivity index (χ1n) is 5.85. The minimum absolute atomic E-state index is 0.0217. The molecular weight excluding hydrogens is 206 g/mol. The summed E-state index contributed by atoms with van der Waals surface area (Å²) in [5.41, 5.74) is 10.7. The molecule has 5 nitrogen and oxygen atoms in total. The highest BCUT2D eigenvalue weighted by atomic mass is 16.2. The number of rotatable bonds is 5. The molecule has 92 valence electrons. The van der Waals surface area contributed by atoms with E-state index in [0.29, 0.717) is 6.54 Å². The van der Waals surface area contributed by atoms with Crippen LogP contribution in [0.2, 0.25) is 0 Å². The maximum absolute atomic E-state index is 12.0. The molecule has 1 unspecified atom stereocenters. The van der Waals surface area contributed by atoms with Gasteiger partial charge in [-0.15, -0.1) is 0 Å². The van der Waals surface area contributed by atoms with Gasteiger partial charge < -0.3 is 16.4 Å². The highest BCUT2D eigenvalue weighted by Crippen LogP contribution is 2.24. The van der Waals surface area contributed by atoms with E-state index >= 15 is 0 Å². The van der Waals surface area contributed by atoms with Crippen molar-refractivity contribution in [2.75, 3.05) is 13.1 Å². The van der Waals surface area contributed by atoms with Gasteiger partial charge in [0.25, 0.3) is 0 Å². The third-order valence-electron chi connectivity index (χ3n) is 3.15. The van der Waals surface area contributed by atoms with Gasteiger partial charge in [0.1, 0.15) is 0 Å². The molecule has 0 aromatic carbocycles. The van der Waals surface area contributed by atoms with Crippen molar-refractivity contribution in [1.82, 2.24) is 4.90 Å². The van der Waals surface area contributed by atoms with Gasteiger partial charge in [0.2, 0.25) is 11.8 Å². The van der Waals surface area contributed by atoms with Crippen molar-refractivity contribution in [2.45, 2.75) is 38.6 Å². The molecule has 16 heavy (non-hydrogen) atoms. The van der Waals surface area contributed by atoms with Crippen LogP contribution in [0, 0.1) is 5.92 Å². The largest absolute Gasteiger partial charge is 0.368 e. The van der Waals surface area contributed by atoms with Crippen molar-refractivity contribution in [2.24, 2.45) is 17.4 Å². The Labute approximate surface area is 96.1 Å². The van der Waals surface area contributed by atoms with Gasteiger partial charge in [-0.3, -0.25) is 9.59 Å². The maximum Gasteiger partial charge on any atom is 0.237 e. The number of carbonyl (C=O) groups is 2. The number of primary amides is 1. The molecule has 1 atom stereocenters. The molecule has 1 aliphatic rings. The average Bonchev–Trinajstić information content (AvgIpc) is 2.76. The van der Waals surface area contributed by atoms with Gasteiger partial charge in [0, 0.05) is 18.5 Å². The van der Waals surface area contributed by atoms with E-state index in [1.54, 1.807) is 11.8 Å². The molecule has 1 rings (SSSR count). The van der Waals surface area contributed by atoms with E-state index in [2.05, 4.69) is 0 Å². The standard InChI is InChI=1S/C11H21N3O2/c1-8(6-12)11(16)14(7-10(13)15)9-4-2-3-5-9/h8-9H,2-7,12H2,1H3,(H2,13,15). The lowest BCUT2D eigenvalue weighted by Gasteiger charge is -2.29. The molecule has 5 heteroatoms. The molecule has 0 heterocycles. The zero-order valence-electron chi connectivity index (χ0n) is 9.82. The first-order chi connectivity index (χ1) is 7.56. The van der Waals surface area contributed by atoms with Gasteiger partial charge >= 0.3 is 0 Å². The van der Waals surface area contributed by atoms with Gasteiger partial charge in [0.05, 0.1) is 6.54 Å². The molecule has 2 amide bonds. The lowest BCUT2D eigenvalue weighted by molar-refractivity contribution is -0.140. The molecule has 1 saturated carbocycles. The first-order valence-corrected chi connectivity index (χ1v) is 5.85. The minimum atomic E-state index is -0.454. The summed E-state index contributed by atoms with van der Waals surface area (Å²) in [5.74, 6) is -0.738.